The van der Waals surface area contributed by atoms with Crippen molar-refractivity contribution in [3.8, 4) is 0 Å². The largest absolute Gasteiger partial charge is 0.394 e. The number of nitrogens with one attached hydrogen (secondary N) is 1. The summed E-state index contributed by atoms with van der Waals surface area (Å²) in [5.74, 6) is 0. The van der Waals surface area contributed by atoms with Crippen LogP contribution in [-0.4, -0.2) is 24.3 Å². The van der Waals surface area contributed by atoms with Crippen LogP contribution in [0.15, 0.2) is 11.1 Å². The van der Waals surface area contributed by atoms with Gasteiger partial charge in [-0.15, -0.1) is 0 Å². The molecule has 1 rings (SSSR count). The average Bonchev–Trinajstić information content (AvgIpc) is 2.33. The van der Waals surface area contributed by atoms with E-state index in [1.54, 1.807) is 0 Å². The molecule has 1 atom stereocenters. The van der Waals surface area contributed by atoms with Crippen LogP contribution in [0, 0.1) is 0 Å². The molecule has 1 aliphatic rings. The predicted octanol–water partition coefficient (Wildman–Crippen LogP) is 0.677. The molecule has 2 heteroatoms. The lowest BCUT2D eigenvalue weighted by Crippen LogP contribution is -2.26. The first-order valence-electron chi connectivity index (χ1n) is 3.76. The van der Waals surface area contributed by atoms with Crippen molar-refractivity contribution in [1.82, 2.24) is 5.32 Å². The van der Waals surface area contributed by atoms with Crippen molar-refractivity contribution in [3.05, 3.63) is 11.1 Å². The molecule has 1 aliphatic heterocycles. The predicted molar refractivity (Wildman–Crippen MR) is 41.9 cm³/mol. The number of allylic oxidation sites excluding steroid dienone is 1. The van der Waals surface area contributed by atoms with Crippen molar-refractivity contribution in [2.75, 3.05) is 13.2 Å². The molecular formula is C8H15NO. The molecule has 0 bridgehead atoms. The molecule has 1 heterocycles. The minimum Gasteiger partial charge on any atom is -0.394 e. The van der Waals surface area contributed by atoms with Crippen LogP contribution in [0.25, 0.3) is 0 Å². The second-order valence-electron chi connectivity index (χ2n) is 2.96. The summed E-state index contributed by atoms with van der Waals surface area (Å²) in [5, 5.41) is 12.1. The van der Waals surface area contributed by atoms with Crippen LogP contribution >= 0.6 is 0 Å². The highest BCUT2D eigenvalue weighted by Crippen LogP contribution is 2.17. The fraction of sp³-hybridized carbons (Fsp3) is 0.750. The number of aliphatic hydroxyl groups excluding tert-OH is 1. The Morgan fingerprint density at radius 1 is 1.70 bits per heavy atom. The third-order valence-electron chi connectivity index (χ3n) is 2.03. The molecule has 1 saturated heterocycles. The summed E-state index contributed by atoms with van der Waals surface area (Å²) >= 11 is 0. The Labute approximate surface area is 61.9 Å². The van der Waals surface area contributed by atoms with Crippen LogP contribution < -0.4 is 5.32 Å². The summed E-state index contributed by atoms with van der Waals surface area (Å²) in [4.78, 5) is 0. The highest BCUT2D eigenvalue weighted by molar-refractivity contribution is 5.20. The number of hydrogen-bond acceptors (Lipinski definition) is 2. The molecule has 2 nitrogen and oxygen atoms in total. The van der Waals surface area contributed by atoms with Gasteiger partial charge in [0, 0.05) is 0 Å². The maximum atomic E-state index is 8.89. The minimum atomic E-state index is 0.237. The fourth-order valence-corrected chi connectivity index (χ4v) is 1.45. The molecule has 2 N–H and O–H groups in total. The van der Waals surface area contributed by atoms with Crippen LogP contribution in [0.5, 0.6) is 0 Å². The van der Waals surface area contributed by atoms with Crippen molar-refractivity contribution >= 4 is 0 Å². The second-order valence-corrected chi connectivity index (χ2v) is 2.96. The van der Waals surface area contributed by atoms with Crippen LogP contribution in [0.4, 0.5) is 0 Å². The van der Waals surface area contributed by atoms with Crippen LogP contribution in [0.1, 0.15) is 20.3 Å². The highest BCUT2D eigenvalue weighted by Gasteiger charge is 2.19. The zero-order valence-corrected chi connectivity index (χ0v) is 6.65. The first kappa shape index (κ1) is 7.76. The first-order chi connectivity index (χ1) is 4.75. The van der Waals surface area contributed by atoms with Gasteiger partial charge in [-0.3, -0.25) is 0 Å². The maximum absolute atomic E-state index is 8.89. The fourth-order valence-electron chi connectivity index (χ4n) is 1.45. The molecule has 0 aromatic carbocycles. The molecule has 10 heavy (non-hydrogen) atoms. The van der Waals surface area contributed by atoms with E-state index in [0.717, 1.165) is 13.0 Å². The van der Waals surface area contributed by atoms with Gasteiger partial charge >= 0.3 is 0 Å². The van der Waals surface area contributed by atoms with Gasteiger partial charge in [-0.2, -0.15) is 0 Å². The van der Waals surface area contributed by atoms with E-state index in [1.165, 1.54) is 11.1 Å². The van der Waals surface area contributed by atoms with E-state index in [4.69, 9.17) is 5.11 Å². The Bertz CT molecular complexity index is 147. The van der Waals surface area contributed by atoms with Crippen LogP contribution in [-0.2, 0) is 0 Å². The monoisotopic (exact) mass is 141 g/mol. The zero-order valence-electron chi connectivity index (χ0n) is 6.65. The molecule has 0 aliphatic carbocycles. The van der Waals surface area contributed by atoms with Gasteiger partial charge in [0.2, 0.25) is 0 Å². The van der Waals surface area contributed by atoms with E-state index in [0.29, 0.717) is 0 Å². The summed E-state index contributed by atoms with van der Waals surface area (Å²) in [5.41, 5.74) is 2.74. The van der Waals surface area contributed by atoms with Crippen molar-refractivity contribution in [1.29, 1.82) is 0 Å². The Balaban J connectivity index is 2.68. The van der Waals surface area contributed by atoms with Gasteiger partial charge in [0.05, 0.1) is 12.6 Å². The van der Waals surface area contributed by atoms with Gasteiger partial charge in [0.1, 0.15) is 0 Å². The van der Waals surface area contributed by atoms with Gasteiger partial charge in [-0.25, -0.2) is 0 Å². The Morgan fingerprint density at radius 2 is 2.40 bits per heavy atom. The van der Waals surface area contributed by atoms with Gasteiger partial charge in [0.25, 0.3) is 0 Å². The van der Waals surface area contributed by atoms with E-state index in [9.17, 15) is 0 Å². The summed E-state index contributed by atoms with van der Waals surface area (Å²) in [6.07, 6.45) is 1.10. The molecule has 0 amide bonds. The van der Waals surface area contributed by atoms with Gasteiger partial charge in [-0.05, 0) is 26.8 Å². The van der Waals surface area contributed by atoms with E-state index in [1.807, 2.05) is 0 Å². The molecule has 1 fully saturated rings. The molecule has 0 aromatic rings. The quantitative estimate of drug-likeness (QED) is 0.526. The molecule has 58 valence electrons. The third-order valence-corrected chi connectivity index (χ3v) is 2.03. The Morgan fingerprint density at radius 3 is 2.80 bits per heavy atom. The van der Waals surface area contributed by atoms with Gasteiger partial charge < -0.3 is 10.4 Å². The standard InChI is InChI=1S/C8H15NO/c1-6(2)7-3-4-9-8(7)5-10/h8-10H,3-5H2,1-2H3/t8-/m1/s1. The first-order valence-corrected chi connectivity index (χ1v) is 3.76. The number of aliphatic hydroxyl groups is 1. The SMILES string of the molecule is CC(C)=C1CCN[C@@H]1CO. The summed E-state index contributed by atoms with van der Waals surface area (Å²) in [6, 6.07) is 0.241. The Kier molecular flexibility index (Phi) is 2.46. The lowest BCUT2D eigenvalue weighted by Gasteiger charge is -2.09. The molecule has 0 radical (unpaired) electrons. The van der Waals surface area contributed by atoms with Gasteiger partial charge in [-0.1, -0.05) is 11.1 Å². The van der Waals surface area contributed by atoms with Crippen molar-refractivity contribution in [3.63, 3.8) is 0 Å². The van der Waals surface area contributed by atoms with Crippen LogP contribution in [0.3, 0.4) is 0 Å². The van der Waals surface area contributed by atoms with Gasteiger partial charge in [0.15, 0.2) is 0 Å². The molecule has 0 aromatic heterocycles. The smallest absolute Gasteiger partial charge is 0.0623 e. The summed E-state index contributed by atoms with van der Waals surface area (Å²) in [7, 11) is 0. The molecular weight excluding hydrogens is 126 g/mol. The lowest BCUT2D eigenvalue weighted by molar-refractivity contribution is 0.269. The minimum absolute atomic E-state index is 0.237. The average molecular weight is 141 g/mol. The number of hydrogen-bond donors (Lipinski definition) is 2. The molecule has 0 saturated carbocycles. The van der Waals surface area contributed by atoms with Crippen molar-refractivity contribution < 1.29 is 5.11 Å². The lowest BCUT2D eigenvalue weighted by atomic mass is 10.0. The van der Waals surface area contributed by atoms with Crippen molar-refractivity contribution in [2.45, 2.75) is 26.3 Å². The van der Waals surface area contributed by atoms with E-state index in [2.05, 4.69) is 19.2 Å². The highest BCUT2D eigenvalue weighted by atomic mass is 16.3. The third kappa shape index (κ3) is 1.39. The van der Waals surface area contributed by atoms with Crippen LogP contribution in [0.2, 0.25) is 0 Å². The molecule has 0 spiro atoms. The zero-order chi connectivity index (χ0) is 7.56. The maximum Gasteiger partial charge on any atom is 0.0623 e. The van der Waals surface area contributed by atoms with Crippen molar-refractivity contribution in [2.24, 2.45) is 0 Å². The Hall–Kier alpha value is -0.340. The topological polar surface area (TPSA) is 32.3 Å². The number of rotatable bonds is 1. The van der Waals surface area contributed by atoms with E-state index >= 15 is 0 Å². The molecule has 0 unspecified atom stereocenters. The van der Waals surface area contributed by atoms with E-state index < -0.39 is 0 Å². The summed E-state index contributed by atoms with van der Waals surface area (Å²) in [6.45, 7) is 5.46. The normalized spacial score (nSPS) is 25.5. The second kappa shape index (κ2) is 3.17. The van der Waals surface area contributed by atoms with E-state index in [-0.39, 0.29) is 12.6 Å². The summed E-state index contributed by atoms with van der Waals surface area (Å²) < 4.78 is 0.